The number of rotatable bonds is 9. The van der Waals surface area contributed by atoms with Crippen molar-refractivity contribution in [3.63, 3.8) is 0 Å². The van der Waals surface area contributed by atoms with Crippen LogP contribution in [-0.2, 0) is 0 Å². The number of pyridine rings is 1. The Bertz CT molecular complexity index is 1510. The quantitative estimate of drug-likeness (QED) is 0.267. The van der Waals surface area contributed by atoms with E-state index in [1.807, 2.05) is 30.3 Å². The molecule has 8 heteroatoms. The Morgan fingerprint density at radius 3 is 2.32 bits per heavy atom. The van der Waals surface area contributed by atoms with Gasteiger partial charge in [-0.3, -0.25) is 14.4 Å². The third-order valence-corrected chi connectivity index (χ3v) is 6.32. The first kappa shape index (κ1) is 28.1. The number of amides is 1. The zero-order chi connectivity index (χ0) is 26.5. The number of aryl methyl sites for hydroxylation is 1. The minimum atomic E-state index is -0.608. The third-order valence-electron chi connectivity index (χ3n) is 6.32. The van der Waals surface area contributed by atoms with Gasteiger partial charge in [0, 0.05) is 35.0 Å². The van der Waals surface area contributed by atoms with Gasteiger partial charge in [-0.25, -0.2) is 0 Å². The number of carbonyl (C=O) groups is 2. The molecule has 38 heavy (non-hydrogen) atoms. The number of hydrogen-bond donors (Lipinski definition) is 3. The van der Waals surface area contributed by atoms with Crippen LogP contribution in [0.25, 0.3) is 10.9 Å². The summed E-state index contributed by atoms with van der Waals surface area (Å²) in [6, 6.07) is 19.2. The molecular weight excluding hydrogens is 484 g/mol. The van der Waals surface area contributed by atoms with Gasteiger partial charge in [-0.05, 0) is 36.2 Å². The van der Waals surface area contributed by atoms with Crippen LogP contribution >= 0.6 is 0 Å². The number of aromatic amines is 1. The van der Waals surface area contributed by atoms with E-state index in [9.17, 15) is 19.5 Å². The molecule has 0 aliphatic rings. The van der Waals surface area contributed by atoms with Crippen LogP contribution in [0.4, 0.5) is 5.69 Å². The van der Waals surface area contributed by atoms with E-state index in [1.54, 1.807) is 37.3 Å². The van der Waals surface area contributed by atoms with Crippen LogP contribution in [-0.4, -0.2) is 42.6 Å². The van der Waals surface area contributed by atoms with Crippen molar-refractivity contribution in [2.75, 3.05) is 26.1 Å². The maximum Gasteiger partial charge on any atom is 0.261 e. The van der Waals surface area contributed by atoms with Crippen LogP contribution in [0.1, 0.15) is 51.6 Å². The molecular formula is C30H32N2O6. The van der Waals surface area contributed by atoms with Crippen molar-refractivity contribution in [1.29, 1.82) is 0 Å². The molecule has 1 atom stereocenters. The molecule has 0 saturated carbocycles. The largest absolute Gasteiger partial charge is 0.493 e. The monoisotopic (exact) mass is 516 g/mol. The standard InChI is InChI=1S/C29H28N2O6.CH4/c1-17-9-10-19(25(33)13-21(16-32)18-7-5-4-6-8-18)12-23(17)30-28(34)22-11-20-14-26(36-2)27(37-3)15-24(20)31-29(22)35;/h4-12,14-15,21,32H,13,16H2,1-3H3,(H,30,34)(H,31,35);1H4/t21-;/m0./s1. The second-order valence-electron chi connectivity index (χ2n) is 8.71. The molecule has 4 aromatic rings. The summed E-state index contributed by atoms with van der Waals surface area (Å²) in [5.41, 5.74) is 2.29. The van der Waals surface area contributed by atoms with E-state index in [0.717, 1.165) is 11.1 Å². The second kappa shape index (κ2) is 12.2. The Hall–Kier alpha value is -4.43. The van der Waals surface area contributed by atoms with Gasteiger partial charge >= 0.3 is 0 Å². The van der Waals surface area contributed by atoms with Crippen molar-refractivity contribution < 1.29 is 24.2 Å². The Balaban J connectivity index is 0.00000400. The van der Waals surface area contributed by atoms with Crippen LogP contribution in [0.5, 0.6) is 11.5 Å². The SMILES string of the molecule is C.COc1cc2cc(C(=O)Nc3cc(C(=O)C[C@@H](CO)c4ccccc4)ccc3C)c(=O)[nH]c2cc1OC. The number of ketones is 1. The van der Waals surface area contributed by atoms with Crippen molar-refractivity contribution >= 4 is 28.3 Å². The highest BCUT2D eigenvalue weighted by atomic mass is 16.5. The Morgan fingerprint density at radius 1 is 0.974 bits per heavy atom. The van der Waals surface area contributed by atoms with E-state index in [0.29, 0.717) is 33.7 Å². The number of nitrogens with one attached hydrogen (secondary N) is 2. The normalized spacial score (nSPS) is 11.4. The summed E-state index contributed by atoms with van der Waals surface area (Å²) in [5, 5.41) is 13.2. The molecule has 4 rings (SSSR count). The number of methoxy groups -OCH3 is 2. The highest BCUT2D eigenvalue weighted by molar-refractivity contribution is 6.07. The first-order valence-corrected chi connectivity index (χ1v) is 11.7. The number of aromatic nitrogens is 1. The van der Waals surface area contributed by atoms with Crippen LogP contribution in [0.15, 0.2) is 71.5 Å². The van der Waals surface area contributed by atoms with Gasteiger partial charge in [0.05, 0.1) is 26.3 Å². The Labute approximate surface area is 221 Å². The number of aliphatic hydroxyl groups is 1. The summed E-state index contributed by atoms with van der Waals surface area (Å²) in [7, 11) is 3.00. The predicted octanol–water partition coefficient (Wildman–Crippen LogP) is 5.09. The molecule has 1 amide bonds. The van der Waals surface area contributed by atoms with Gasteiger partial charge in [0.2, 0.25) is 0 Å². The van der Waals surface area contributed by atoms with E-state index >= 15 is 0 Å². The van der Waals surface area contributed by atoms with Gasteiger partial charge in [-0.2, -0.15) is 0 Å². The molecule has 0 unspecified atom stereocenters. The number of hydrogen-bond acceptors (Lipinski definition) is 6. The average molecular weight is 517 g/mol. The zero-order valence-corrected chi connectivity index (χ0v) is 20.8. The summed E-state index contributed by atoms with van der Waals surface area (Å²) in [6.07, 6.45) is 0.118. The van der Waals surface area contributed by atoms with Crippen LogP contribution in [0.3, 0.4) is 0 Å². The number of aliphatic hydroxyl groups excluding tert-OH is 1. The van der Waals surface area contributed by atoms with E-state index < -0.39 is 11.5 Å². The molecule has 0 spiro atoms. The zero-order valence-electron chi connectivity index (χ0n) is 20.8. The van der Waals surface area contributed by atoms with Gasteiger partial charge in [-0.1, -0.05) is 49.9 Å². The Kier molecular flexibility index (Phi) is 9.04. The number of Topliss-reactive ketones (excluding diaryl/α,β-unsaturated/α-hetero) is 1. The minimum absolute atomic E-state index is 0. The number of H-pyrrole nitrogens is 1. The van der Waals surface area contributed by atoms with E-state index in [2.05, 4.69) is 10.3 Å². The molecule has 0 aliphatic carbocycles. The summed E-state index contributed by atoms with van der Waals surface area (Å²) in [4.78, 5) is 41.5. The summed E-state index contributed by atoms with van der Waals surface area (Å²) >= 11 is 0. The first-order chi connectivity index (χ1) is 17.8. The lowest BCUT2D eigenvalue weighted by Crippen LogP contribution is -2.23. The molecule has 0 aliphatic heterocycles. The highest BCUT2D eigenvalue weighted by Crippen LogP contribution is 2.31. The van der Waals surface area contributed by atoms with E-state index in [1.165, 1.54) is 20.3 Å². The van der Waals surface area contributed by atoms with Gasteiger partial charge < -0.3 is 24.9 Å². The van der Waals surface area contributed by atoms with Crippen molar-refractivity contribution in [2.24, 2.45) is 0 Å². The second-order valence-corrected chi connectivity index (χ2v) is 8.71. The molecule has 8 nitrogen and oxygen atoms in total. The average Bonchev–Trinajstić information content (AvgIpc) is 2.91. The molecule has 3 N–H and O–H groups in total. The summed E-state index contributed by atoms with van der Waals surface area (Å²) in [6.45, 7) is 1.64. The fraction of sp³-hybridized carbons (Fsp3) is 0.233. The van der Waals surface area contributed by atoms with Crippen molar-refractivity contribution in [1.82, 2.24) is 4.98 Å². The summed E-state index contributed by atoms with van der Waals surface area (Å²) in [5.74, 6) is -0.186. The van der Waals surface area contributed by atoms with Gasteiger partial charge in [0.25, 0.3) is 11.5 Å². The molecule has 0 bridgehead atoms. The molecule has 198 valence electrons. The third kappa shape index (κ3) is 5.92. The predicted molar refractivity (Wildman–Crippen MR) is 149 cm³/mol. The lowest BCUT2D eigenvalue weighted by atomic mass is 9.92. The number of benzene rings is 3. The number of carbonyl (C=O) groups excluding carboxylic acids is 2. The highest BCUT2D eigenvalue weighted by Gasteiger charge is 2.19. The Morgan fingerprint density at radius 2 is 1.66 bits per heavy atom. The fourth-order valence-electron chi connectivity index (χ4n) is 4.18. The topological polar surface area (TPSA) is 118 Å². The van der Waals surface area contributed by atoms with Crippen LogP contribution in [0, 0.1) is 6.92 Å². The lowest BCUT2D eigenvalue weighted by molar-refractivity contribution is 0.0958. The van der Waals surface area contributed by atoms with Crippen molar-refractivity contribution in [2.45, 2.75) is 26.7 Å². The molecule has 1 heterocycles. The van der Waals surface area contributed by atoms with Gasteiger partial charge in [0.15, 0.2) is 17.3 Å². The summed E-state index contributed by atoms with van der Waals surface area (Å²) < 4.78 is 10.6. The first-order valence-electron chi connectivity index (χ1n) is 11.7. The van der Waals surface area contributed by atoms with Crippen LogP contribution in [0.2, 0.25) is 0 Å². The molecule has 1 aromatic heterocycles. The minimum Gasteiger partial charge on any atom is -0.493 e. The maximum absolute atomic E-state index is 13.1. The molecule has 0 saturated heterocycles. The molecule has 3 aromatic carbocycles. The van der Waals surface area contributed by atoms with E-state index in [-0.39, 0.29) is 37.7 Å². The van der Waals surface area contributed by atoms with Crippen LogP contribution < -0.4 is 20.3 Å². The number of anilines is 1. The van der Waals surface area contributed by atoms with E-state index in [4.69, 9.17) is 9.47 Å². The maximum atomic E-state index is 13.1. The van der Waals surface area contributed by atoms with Gasteiger partial charge in [0.1, 0.15) is 5.56 Å². The van der Waals surface area contributed by atoms with Gasteiger partial charge in [-0.15, -0.1) is 0 Å². The molecule has 0 radical (unpaired) electrons. The van der Waals surface area contributed by atoms with Crippen molar-refractivity contribution in [3.05, 3.63) is 99.3 Å². The van der Waals surface area contributed by atoms with Crippen molar-refractivity contribution in [3.8, 4) is 11.5 Å². The fourth-order valence-corrected chi connectivity index (χ4v) is 4.18. The lowest BCUT2D eigenvalue weighted by Gasteiger charge is -2.15. The molecule has 0 fully saturated rings. The number of ether oxygens (including phenoxy) is 2. The smallest absolute Gasteiger partial charge is 0.261 e. The number of fused-ring (bicyclic) bond motifs is 1.